The molecule has 0 bridgehead atoms. The number of H-pyrrole nitrogens is 1. The zero-order valence-electron chi connectivity index (χ0n) is 18.4. The van der Waals surface area contributed by atoms with Crippen LogP contribution in [0, 0.1) is 11.7 Å². The number of nitrogens with zero attached hydrogens (tertiary/aromatic N) is 1. The normalized spacial score (nSPS) is 14.6. The van der Waals surface area contributed by atoms with E-state index in [1.807, 2.05) is 36.5 Å². The van der Waals surface area contributed by atoms with Crippen LogP contribution in [0.1, 0.15) is 36.8 Å². The number of aliphatic imine (C=N–C) groups is 1. The minimum atomic E-state index is -0.240. The van der Waals surface area contributed by atoms with Gasteiger partial charge < -0.3 is 20.9 Å². The number of rotatable bonds is 7. The van der Waals surface area contributed by atoms with Gasteiger partial charge in [0, 0.05) is 48.8 Å². The molecular formula is C25H30FN5O. The summed E-state index contributed by atoms with van der Waals surface area (Å²) >= 11 is 0. The van der Waals surface area contributed by atoms with Gasteiger partial charge >= 0.3 is 0 Å². The van der Waals surface area contributed by atoms with Crippen LogP contribution in [0.15, 0.2) is 53.7 Å². The average molecular weight is 436 g/mol. The van der Waals surface area contributed by atoms with Crippen LogP contribution in [0.25, 0.3) is 10.9 Å². The molecule has 1 saturated carbocycles. The van der Waals surface area contributed by atoms with E-state index >= 15 is 0 Å². The van der Waals surface area contributed by atoms with Gasteiger partial charge in [0.2, 0.25) is 5.91 Å². The van der Waals surface area contributed by atoms with Crippen molar-refractivity contribution in [3.63, 3.8) is 0 Å². The Morgan fingerprint density at radius 1 is 1.16 bits per heavy atom. The highest BCUT2D eigenvalue weighted by Crippen LogP contribution is 2.26. The maximum absolute atomic E-state index is 13.4. The fourth-order valence-electron chi connectivity index (χ4n) is 4.28. The van der Waals surface area contributed by atoms with Crippen molar-refractivity contribution in [1.82, 2.24) is 15.6 Å². The van der Waals surface area contributed by atoms with Gasteiger partial charge in [-0.1, -0.05) is 25.0 Å². The monoisotopic (exact) mass is 435 g/mol. The molecule has 1 aromatic heterocycles. The van der Waals surface area contributed by atoms with Crippen molar-refractivity contribution in [3.8, 4) is 0 Å². The first-order valence-electron chi connectivity index (χ1n) is 11.2. The number of aromatic nitrogens is 1. The van der Waals surface area contributed by atoms with Crippen molar-refractivity contribution >= 4 is 28.5 Å². The number of carbonyl (C=O) groups is 1. The lowest BCUT2D eigenvalue weighted by Crippen LogP contribution is -2.37. The first-order chi connectivity index (χ1) is 15.6. The number of hydrogen-bond donors (Lipinski definition) is 4. The van der Waals surface area contributed by atoms with Crippen LogP contribution in [0.4, 0.5) is 10.1 Å². The Morgan fingerprint density at radius 2 is 2.00 bits per heavy atom. The Hall–Kier alpha value is -3.35. The van der Waals surface area contributed by atoms with Crippen molar-refractivity contribution < 1.29 is 9.18 Å². The van der Waals surface area contributed by atoms with Crippen LogP contribution < -0.4 is 16.0 Å². The number of fused-ring (bicyclic) bond motifs is 1. The number of anilines is 1. The minimum Gasteiger partial charge on any atom is -0.361 e. The van der Waals surface area contributed by atoms with Gasteiger partial charge in [-0.15, -0.1) is 0 Å². The summed E-state index contributed by atoms with van der Waals surface area (Å²) in [6.45, 7) is 1.29. The van der Waals surface area contributed by atoms with Crippen molar-refractivity contribution in [2.24, 2.45) is 10.9 Å². The second kappa shape index (κ2) is 10.3. The fraction of sp³-hybridized carbons (Fsp3) is 0.360. The zero-order chi connectivity index (χ0) is 22.3. The highest BCUT2D eigenvalue weighted by atomic mass is 19.1. The lowest BCUT2D eigenvalue weighted by molar-refractivity contribution is -0.119. The predicted octanol–water partition coefficient (Wildman–Crippen LogP) is 4.34. The van der Waals surface area contributed by atoms with Crippen molar-refractivity contribution in [3.05, 3.63) is 65.6 Å². The Morgan fingerprint density at radius 3 is 2.81 bits per heavy atom. The van der Waals surface area contributed by atoms with Crippen molar-refractivity contribution in [2.45, 2.75) is 38.6 Å². The molecule has 4 N–H and O–H groups in total. The number of guanidine groups is 1. The lowest BCUT2D eigenvalue weighted by atomic mass is 10.1. The zero-order valence-corrected chi connectivity index (χ0v) is 18.4. The van der Waals surface area contributed by atoms with E-state index in [0.29, 0.717) is 19.0 Å². The van der Waals surface area contributed by atoms with Gasteiger partial charge in [-0.05, 0) is 60.7 Å². The Kier molecular flexibility index (Phi) is 7.04. The van der Waals surface area contributed by atoms with E-state index in [-0.39, 0.29) is 17.6 Å². The molecule has 0 spiro atoms. The predicted molar refractivity (Wildman–Crippen MR) is 127 cm³/mol. The first-order valence-corrected chi connectivity index (χ1v) is 11.2. The summed E-state index contributed by atoms with van der Waals surface area (Å²) in [4.78, 5) is 19.8. The van der Waals surface area contributed by atoms with E-state index < -0.39 is 0 Å². The van der Waals surface area contributed by atoms with E-state index in [1.54, 1.807) is 7.05 Å². The van der Waals surface area contributed by atoms with E-state index in [0.717, 1.165) is 59.8 Å². The molecule has 1 heterocycles. The number of carbonyl (C=O) groups excluding carboxylic acids is 1. The molecular weight excluding hydrogens is 405 g/mol. The van der Waals surface area contributed by atoms with Gasteiger partial charge in [-0.3, -0.25) is 9.79 Å². The fourth-order valence-corrected chi connectivity index (χ4v) is 4.28. The van der Waals surface area contributed by atoms with Crippen LogP contribution in [-0.2, 0) is 17.8 Å². The summed E-state index contributed by atoms with van der Waals surface area (Å²) in [7, 11) is 1.74. The van der Waals surface area contributed by atoms with Crippen LogP contribution in [0.5, 0.6) is 0 Å². The molecule has 168 valence electrons. The SMILES string of the molecule is CN=C(NCCc1c[nH]c2cc(F)ccc12)NCc1cccc(NC(=O)C2CCCC2)c1. The molecule has 6 nitrogen and oxygen atoms in total. The topological polar surface area (TPSA) is 81.3 Å². The molecule has 7 heteroatoms. The summed E-state index contributed by atoms with van der Waals surface area (Å²) in [5.41, 5.74) is 3.84. The maximum atomic E-state index is 13.4. The largest absolute Gasteiger partial charge is 0.361 e. The molecule has 32 heavy (non-hydrogen) atoms. The second-order valence-corrected chi connectivity index (χ2v) is 8.28. The minimum absolute atomic E-state index is 0.130. The molecule has 2 aromatic carbocycles. The third kappa shape index (κ3) is 5.46. The maximum Gasteiger partial charge on any atom is 0.227 e. The molecule has 1 aliphatic carbocycles. The molecule has 0 atom stereocenters. The standard InChI is InChI=1S/C25H30FN5O/c1-27-25(28-12-11-19-16-29-23-14-20(26)9-10-22(19)23)30-15-17-5-4-8-21(13-17)31-24(32)18-6-2-3-7-18/h4-5,8-10,13-14,16,18,29H,2-3,6-7,11-12,15H2,1H3,(H,31,32)(H2,27,28,30). The Bertz CT molecular complexity index is 1100. The summed E-state index contributed by atoms with van der Waals surface area (Å²) in [5, 5.41) is 10.7. The Labute approximate surface area is 187 Å². The van der Waals surface area contributed by atoms with E-state index in [1.165, 1.54) is 12.1 Å². The molecule has 3 aromatic rings. The van der Waals surface area contributed by atoms with E-state index in [4.69, 9.17) is 0 Å². The summed E-state index contributed by atoms with van der Waals surface area (Å²) < 4.78 is 13.4. The molecule has 4 rings (SSSR count). The molecule has 0 saturated heterocycles. The lowest BCUT2D eigenvalue weighted by Gasteiger charge is -2.14. The van der Waals surface area contributed by atoms with Crippen LogP contribution in [-0.4, -0.2) is 30.4 Å². The quantitative estimate of drug-likeness (QED) is 0.329. The van der Waals surface area contributed by atoms with Gasteiger partial charge in [0.05, 0.1) is 0 Å². The Balaban J connectivity index is 1.26. The molecule has 0 radical (unpaired) electrons. The number of hydrogen-bond acceptors (Lipinski definition) is 2. The highest BCUT2D eigenvalue weighted by molar-refractivity contribution is 5.92. The first kappa shape index (κ1) is 21.9. The molecule has 1 aliphatic rings. The van der Waals surface area contributed by atoms with Gasteiger partial charge in [0.25, 0.3) is 0 Å². The van der Waals surface area contributed by atoms with E-state index in [2.05, 4.69) is 25.9 Å². The number of benzene rings is 2. The van der Waals surface area contributed by atoms with Gasteiger partial charge in [0.1, 0.15) is 5.82 Å². The molecule has 0 unspecified atom stereocenters. The molecule has 0 aliphatic heterocycles. The van der Waals surface area contributed by atoms with E-state index in [9.17, 15) is 9.18 Å². The highest BCUT2D eigenvalue weighted by Gasteiger charge is 2.22. The second-order valence-electron chi connectivity index (χ2n) is 8.28. The van der Waals surface area contributed by atoms with Crippen LogP contribution in [0.2, 0.25) is 0 Å². The van der Waals surface area contributed by atoms with Gasteiger partial charge in [-0.2, -0.15) is 0 Å². The molecule has 1 amide bonds. The van der Waals surface area contributed by atoms with Gasteiger partial charge in [-0.25, -0.2) is 4.39 Å². The van der Waals surface area contributed by atoms with Gasteiger partial charge in [0.15, 0.2) is 5.96 Å². The summed E-state index contributed by atoms with van der Waals surface area (Å²) in [5.74, 6) is 0.744. The summed E-state index contributed by atoms with van der Waals surface area (Å²) in [6, 6.07) is 12.7. The summed E-state index contributed by atoms with van der Waals surface area (Å²) in [6.07, 6.45) is 6.98. The average Bonchev–Trinajstić information content (AvgIpc) is 3.47. The number of amides is 1. The van der Waals surface area contributed by atoms with Crippen molar-refractivity contribution in [2.75, 3.05) is 18.9 Å². The van der Waals surface area contributed by atoms with Crippen LogP contribution >= 0.6 is 0 Å². The number of nitrogens with one attached hydrogen (secondary N) is 4. The molecule has 1 fully saturated rings. The number of halogens is 1. The number of aromatic amines is 1. The van der Waals surface area contributed by atoms with Crippen LogP contribution in [0.3, 0.4) is 0 Å². The third-order valence-electron chi connectivity index (χ3n) is 6.02. The third-order valence-corrected chi connectivity index (χ3v) is 6.02. The smallest absolute Gasteiger partial charge is 0.227 e. The van der Waals surface area contributed by atoms with Crippen molar-refractivity contribution in [1.29, 1.82) is 0 Å².